The summed E-state index contributed by atoms with van der Waals surface area (Å²) in [5.74, 6) is -0.829. The summed E-state index contributed by atoms with van der Waals surface area (Å²) in [7, 11) is 0. The minimum Gasteiger partial charge on any atom is -0.462 e. The molecule has 1 aliphatic heterocycles. The van der Waals surface area contributed by atoms with E-state index in [2.05, 4.69) is 50.3 Å². The molecule has 308 valence electrons. The number of ether oxygens (including phenoxy) is 4. The molecule has 4 N–H and O–H groups in total. The van der Waals surface area contributed by atoms with E-state index < -0.39 is 55.4 Å². The number of aliphatic hydroxyl groups excluding tert-OH is 4. The summed E-state index contributed by atoms with van der Waals surface area (Å²) in [5, 5.41) is 40.0. The van der Waals surface area contributed by atoms with Crippen LogP contribution in [0.2, 0.25) is 0 Å². The normalized spacial score (nSPS) is 21.2. The first-order valence-electron chi connectivity index (χ1n) is 21.1. The molecule has 6 atom stereocenters. The standard InChI is InChI=1S/C43H76O10/c1-3-5-7-9-11-13-15-16-17-18-19-20-21-22-24-26-28-30-32-39(46)52-36(35-51-43-42(49)41(48)40(47)37(33-44)53-43)34-50-38(45)31-29-27-25-23-14-12-10-8-6-4-2/h8,10,13,15,17-18,36-37,40-44,47-49H,3-7,9,11-12,14,16,19-35H2,1-2H3/b10-8-,15-13-,18-17-. The highest BCUT2D eigenvalue weighted by Gasteiger charge is 2.44. The zero-order valence-corrected chi connectivity index (χ0v) is 33.3. The van der Waals surface area contributed by atoms with Crippen molar-refractivity contribution in [1.82, 2.24) is 0 Å². The summed E-state index contributed by atoms with van der Waals surface area (Å²) < 4.78 is 22.1. The molecule has 0 saturated carbocycles. The van der Waals surface area contributed by atoms with E-state index in [4.69, 9.17) is 18.9 Å². The number of unbranched alkanes of at least 4 members (excludes halogenated alkanes) is 17. The summed E-state index contributed by atoms with van der Waals surface area (Å²) in [6.45, 7) is 3.31. The van der Waals surface area contributed by atoms with E-state index in [1.807, 2.05) is 0 Å². The Morgan fingerprint density at radius 1 is 0.585 bits per heavy atom. The molecule has 0 aliphatic carbocycles. The van der Waals surface area contributed by atoms with Crippen LogP contribution in [-0.4, -0.2) is 89.0 Å². The van der Waals surface area contributed by atoms with Gasteiger partial charge in [-0.2, -0.15) is 0 Å². The SMILES string of the molecule is CCC/C=C\CCCCCCCC(=O)OCC(COC1OC(CO)C(O)C(O)C1O)OC(=O)CCCCCCCCC/C=C\C/C=C\CCCCCC. The first-order valence-corrected chi connectivity index (χ1v) is 21.1. The Labute approximate surface area is 321 Å². The van der Waals surface area contributed by atoms with E-state index in [1.165, 1.54) is 51.4 Å². The van der Waals surface area contributed by atoms with Crippen LogP contribution in [0.1, 0.15) is 168 Å². The second kappa shape index (κ2) is 34.4. The zero-order chi connectivity index (χ0) is 38.8. The molecule has 1 saturated heterocycles. The van der Waals surface area contributed by atoms with Gasteiger partial charge in [-0.1, -0.05) is 127 Å². The van der Waals surface area contributed by atoms with Gasteiger partial charge in [0, 0.05) is 12.8 Å². The van der Waals surface area contributed by atoms with Crippen LogP contribution in [0.4, 0.5) is 0 Å². The smallest absolute Gasteiger partial charge is 0.306 e. The van der Waals surface area contributed by atoms with Crippen LogP contribution in [0.3, 0.4) is 0 Å². The summed E-state index contributed by atoms with van der Waals surface area (Å²) >= 11 is 0. The Kier molecular flexibility index (Phi) is 31.8. The van der Waals surface area contributed by atoms with Crippen molar-refractivity contribution in [3.8, 4) is 0 Å². The molecule has 53 heavy (non-hydrogen) atoms. The van der Waals surface area contributed by atoms with Crippen molar-refractivity contribution < 1.29 is 49.0 Å². The lowest BCUT2D eigenvalue weighted by Gasteiger charge is -2.39. The Morgan fingerprint density at radius 3 is 1.66 bits per heavy atom. The lowest BCUT2D eigenvalue weighted by atomic mass is 9.99. The average molecular weight is 753 g/mol. The Morgan fingerprint density at radius 2 is 1.09 bits per heavy atom. The lowest BCUT2D eigenvalue weighted by molar-refractivity contribution is -0.305. The molecule has 10 nitrogen and oxygen atoms in total. The van der Waals surface area contributed by atoms with Crippen LogP contribution in [0.25, 0.3) is 0 Å². The maximum absolute atomic E-state index is 12.7. The molecule has 0 bridgehead atoms. The zero-order valence-electron chi connectivity index (χ0n) is 33.3. The van der Waals surface area contributed by atoms with Crippen LogP contribution in [0.5, 0.6) is 0 Å². The monoisotopic (exact) mass is 753 g/mol. The Bertz CT molecular complexity index is 965. The molecule has 0 aromatic carbocycles. The minimum absolute atomic E-state index is 0.219. The molecule has 10 heteroatoms. The molecule has 6 unspecified atom stereocenters. The highest BCUT2D eigenvalue weighted by Crippen LogP contribution is 2.22. The maximum atomic E-state index is 12.7. The highest BCUT2D eigenvalue weighted by atomic mass is 16.7. The molecule has 0 radical (unpaired) electrons. The van der Waals surface area contributed by atoms with Gasteiger partial charge < -0.3 is 39.4 Å². The van der Waals surface area contributed by atoms with Gasteiger partial charge in [-0.3, -0.25) is 9.59 Å². The number of carbonyl (C=O) groups excluding carboxylic acids is 2. The van der Waals surface area contributed by atoms with Crippen molar-refractivity contribution >= 4 is 11.9 Å². The fraction of sp³-hybridized carbons (Fsp3) is 0.814. The van der Waals surface area contributed by atoms with Gasteiger partial charge in [0.15, 0.2) is 12.4 Å². The van der Waals surface area contributed by atoms with Crippen molar-refractivity contribution in [3.63, 3.8) is 0 Å². The molecule has 1 heterocycles. The van der Waals surface area contributed by atoms with E-state index in [9.17, 15) is 30.0 Å². The molecule has 0 aromatic rings. The fourth-order valence-corrected chi connectivity index (χ4v) is 6.10. The van der Waals surface area contributed by atoms with E-state index in [-0.39, 0.29) is 26.1 Å². The molecule has 1 aliphatic rings. The molecule has 0 aromatic heterocycles. The quantitative estimate of drug-likeness (QED) is 0.0287. The first kappa shape index (κ1) is 48.9. The van der Waals surface area contributed by atoms with Gasteiger partial charge in [-0.15, -0.1) is 0 Å². The Hall–Kier alpha value is -2.08. The third-order valence-corrected chi connectivity index (χ3v) is 9.48. The van der Waals surface area contributed by atoms with Gasteiger partial charge in [0.05, 0.1) is 13.2 Å². The van der Waals surface area contributed by atoms with Crippen molar-refractivity contribution in [2.45, 2.75) is 205 Å². The van der Waals surface area contributed by atoms with Crippen molar-refractivity contribution in [2.24, 2.45) is 0 Å². The number of rotatable bonds is 34. The van der Waals surface area contributed by atoms with E-state index in [0.717, 1.165) is 77.0 Å². The van der Waals surface area contributed by atoms with Crippen LogP contribution < -0.4 is 0 Å². The summed E-state index contributed by atoms with van der Waals surface area (Å²) in [5.41, 5.74) is 0. The second-order valence-electron chi connectivity index (χ2n) is 14.4. The topological polar surface area (TPSA) is 152 Å². The van der Waals surface area contributed by atoms with Gasteiger partial charge in [0.25, 0.3) is 0 Å². The lowest BCUT2D eigenvalue weighted by Crippen LogP contribution is -2.59. The van der Waals surface area contributed by atoms with E-state index in [0.29, 0.717) is 12.8 Å². The highest BCUT2D eigenvalue weighted by molar-refractivity contribution is 5.70. The van der Waals surface area contributed by atoms with E-state index in [1.54, 1.807) is 0 Å². The summed E-state index contributed by atoms with van der Waals surface area (Å²) in [6.07, 6.45) is 30.1. The van der Waals surface area contributed by atoms with Gasteiger partial charge in [-0.05, 0) is 64.2 Å². The Balaban J connectivity index is 2.35. The van der Waals surface area contributed by atoms with Crippen molar-refractivity contribution in [2.75, 3.05) is 19.8 Å². The number of hydrogen-bond acceptors (Lipinski definition) is 10. The number of hydrogen-bond donors (Lipinski definition) is 4. The molecule has 0 spiro atoms. The molecule has 1 rings (SSSR count). The number of carbonyl (C=O) groups is 2. The predicted molar refractivity (Wildman–Crippen MR) is 210 cm³/mol. The first-order chi connectivity index (χ1) is 25.8. The molecule has 0 amide bonds. The number of aliphatic hydroxyl groups is 4. The van der Waals surface area contributed by atoms with Crippen LogP contribution in [0, 0.1) is 0 Å². The molecular formula is C43H76O10. The van der Waals surface area contributed by atoms with Gasteiger partial charge >= 0.3 is 11.9 Å². The van der Waals surface area contributed by atoms with Gasteiger partial charge in [0.2, 0.25) is 0 Å². The number of allylic oxidation sites excluding steroid dienone is 6. The van der Waals surface area contributed by atoms with Crippen LogP contribution >= 0.6 is 0 Å². The second-order valence-corrected chi connectivity index (χ2v) is 14.4. The minimum atomic E-state index is -1.60. The molecular weight excluding hydrogens is 676 g/mol. The molecule has 1 fully saturated rings. The maximum Gasteiger partial charge on any atom is 0.306 e. The average Bonchev–Trinajstić information content (AvgIpc) is 3.15. The fourth-order valence-electron chi connectivity index (χ4n) is 6.10. The third kappa shape index (κ3) is 26.4. The predicted octanol–water partition coefficient (Wildman–Crippen LogP) is 8.33. The van der Waals surface area contributed by atoms with Crippen molar-refractivity contribution in [1.29, 1.82) is 0 Å². The third-order valence-electron chi connectivity index (χ3n) is 9.48. The van der Waals surface area contributed by atoms with Crippen LogP contribution in [0.15, 0.2) is 36.5 Å². The number of esters is 2. The summed E-state index contributed by atoms with van der Waals surface area (Å²) in [6, 6.07) is 0. The van der Waals surface area contributed by atoms with E-state index >= 15 is 0 Å². The largest absolute Gasteiger partial charge is 0.462 e. The summed E-state index contributed by atoms with van der Waals surface area (Å²) in [4.78, 5) is 25.2. The van der Waals surface area contributed by atoms with Crippen molar-refractivity contribution in [3.05, 3.63) is 36.5 Å². The van der Waals surface area contributed by atoms with Gasteiger partial charge in [-0.25, -0.2) is 0 Å². The van der Waals surface area contributed by atoms with Crippen LogP contribution in [-0.2, 0) is 28.5 Å². The van der Waals surface area contributed by atoms with Gasteiger partial charge in [0.1, 0.15) is 31.0 Å².